The van der Waals surface area contributed by atoms with Crippen LogP contribution in [0.25, 0.3) is 0 Å². The molecule has 0 bridgehead atoms. The largest absolute Gasteiger partial charge is 0.381 e. The van der Waals surface area contributed by atoms with Crippen molar-refractivity contribution in [1.82, 2.24) is 0 Å². The predicted octanol–water partition coefficient (Wildman–Crippen LogP) is 5.34. The Labute approximate surface area is 164 Å². The molecule has 0 aliphatic carbocycles. The molecule has 1 N–H and O–H groups in total. The molecule has 0 radical (unpaired) electrons. The summed E-state index contributed by atoms with van der Waals surface area (Å²) in [6, 6.07) is 19.2. The quantitative estimate of drug-likeness (QED) is 0.566. The molecule has 3 aromatic rings. The van der Waals surface area contributed by atoms with Crippen LogP contribution in [0.1, 0.15) is 16.7 Å². The van der Waals surface area contributed by atoms with Crippen molar-refractivity contribution in [3.8, 4) is 5.75 Å². The Morgan fingerprint density at radius 2 is 1.59 bits per heavy atom. The van der Waals surface area contributed by atoms with Crippen molar-refractivity contribution in [3.63, 3.8) is 0 Å². The zero-order valence-electron chi connectivity index (χ0n) is 15.1. The van der Waals surface area contributed by atoms with Crippen LogP contribution in [0.4, 0.5) is 5.69 Å². The number of nitrogens with one attached hydrogen (secondary N) is 1. The van der Waals surface area contributed by atoms with Gasteiger partial charge in [0.1, 0.15) is 10.6 Å². The number of hydrogen-bond donors (Lipinski definition) is 1. The summed E-state index contributed by atoms with van der Waals surface area (Å²) >= 11 is 6.03. The van der Waals surface area contributed by atoms with E-state index in [0.29, 0.717) is 11.6 Å². The van der Waals surface area contributed by atoms with Crippen molar-refractivity contribution >= 4 is 27.4 Å². The van der Waals surface area contributed by atoms with E-state index in [0.717, 1.165) is 22.4 Å². The second-order valence-corrected chi connectivity index (χ2v) is 8.29. The molecule has 0 fully saturated rings. The van der Waals surface area contributed by atoms with E-state index in [4.69, 9.17) is 15.8 Å². The van der Waals surface area contributed by atoms with Crippen LogP contribution in [0.2, 0.25) is 5.02 Å². The molecule has 3 aromatic carbocycles. The molecule has 0 heterocycles. The molecule has 0 saturated carbocycles. The van der Waals surface area contributed by atoms with Gasteiger partial charge in [0.2, 0.25) is 0 Å². The third-order valence-corrected chi connectivity index (χ3v) is 5.62. The minimum absolute atomic E-state index is 0.135. The molecule has 0 aromatic heterocycles. The summed E-state index contributed by atoms with van der Waals surface area (Å²) in [6.45, 7) is 4.49. The van der Waals surface area contributed by atoms with E-state index in [1.807, 2.05) is 44.2 Å². The highest BCUT2D eigenvalue weighted by Crippen LogP contribution is 2.22. The van der Waals surface area contributed by atoms with Gasteiger partial charge in [-0.25, -0.2) is 0 Å². The van der Waals surface area contributed by atoms with Gasteiger partial charge >= 0.3 is 10.1 Å². The lowest BCUT2D eigenvalue weighted by Crippen LogP contribution is -2.09. The number of benzene rings is 3. The highest BCUT2D eigenvalue weighted by Gasteiger charge is 2.16. The molecule has 3 rings (SSSR count). The van der Waals surface area contributed by atoms with Gasteiger partial charge in [0.15, 0.2) is 0 Å². The first-order valence-corrected chi connectivity index (χ1v) is 10.2. The topological polar surface area (TPSA) is 55.4 Å². The Hall–Kier alpha value is -2.50. The van der Waals surface area contributed by atoms with Gasteiger partial charge in [-0.1, -0.05) is 47.5 Å². The summed E-state index contributed by atoms with van der Waals surface area (Å²) in [4.78, 5) is 0.135. The van der Waals surface area contributed by atoms with Gasteiger partial charge in [-0.3, -0.25) is 0 Å². The molecule has 4 nitrogen and oxygen atoms in total. The summed E-state index contributed by atoms with van der Waals surface area (Å²) in [6.07, 6.45) is 0. The second-order valence-electron chi connectivity index (χ2n) is 6.31. The number of hydrogen-bond acceptors (Lipinski definition) is 4. The van der Waals surface area contributed by atoms with Gasteiger partial charge in [0.25, 0.3) is 0 Å². The van der Waals surface area contributed by atoms with E-state index < -0.39 is 10.1 Å². The van der Waals surface area contributed by atoms with Crippen LogP contribution in [0.5, 0.6) is 5.75 Å². The van der Waals surface area contributed by atoms with Gasteiger partial charge in [0.05, 0.1) is 0 Å². The van der Waals surface area contributed by atoms with E-state index >= 15 is 0 Å². The van der Waals surface area contributed by atoms with Crippen LogP contribution in [0.3, 0.4) is 0 Å². The van der Waals surface area contributed by atoms with Crippen molar-refractivity contribution in [2.45, 2.75) is 25.3 Å². The summed E-state index contributed by atoms with van der Waals surface area (Å²) in [7, 11) is -3.84. The molecule has 6 heteroatoms. The normalized spacial score (nSPS) is 11.2. The molecule has 0 saturated heterocycles. The maximum absolute atomic E-state index is 12.3. The third kappa shape index (κ3) is 5.02. The van der Waals surface area contributed by atoms with Crippen molar-refractivity contribution in [2.75, 3.05) is 5.32 Å². The number of halogens is 1. The van der Waals surface area contributed by atoms with Crippen LogP contribution in [0.15, 0.2) is 71.6 Å². The van der Waals surface area contributed by atoms with Crippen molar-refractivity contribution in [2.24, 2.45) is 0 Å². The number of aryl methyl sites for hydroxylation is 2. The minimum atomic E-state index is -3.84. The smallest absolute Gasteiger partial charge is 0.339 e. The van der Waals surface area contributed by atoms with Gasteiger partial charge in [-0.2, -0.15) is 8.42 Å². The van der Waals surface area contributed by atoms with Crippen LogP contribution in [0, 0.1) is 13.8 Å². The van der Waals surface area contributed by atoms with E-state index in [1.54, 1.807) is 24.3 Å². The van der Waals surface area contributed by atoms with Crippen LogP contribution in [-0.2, 0) is 16.7 Å². The van der Waals surface area contributed by atoms with Gasteiger partial charge in [-0.05, 0) is 61.4 Å². The van der Waals surface area contributed by atoms with Crippen molar-refractivity contribution < 1.29 is 12.6 Å². The van der Waals surface area contributed by atoms with Crippen molar-refractivity contribution in [1.29, 1.82) is 0 Å². The fourth-order valence-electron chi connectivity index (χ4n) is 2.52. The Morgan fingerprint density at radius 1 is 0.926 bits per heavy atom. The Kier molecular flexibility index (Phi) is 5.73. The minimum Gasteiger partial charge on any atom is -0.381 e. The Balaban J connectivity index is 1.66. The van der Waals surface area contributed by atoms with Gasteiger partial charge < -0.3 is 9.50 Å². The maximum atomic E-state index is 12.3. The Morgan fingerprint density at radius 3 is 2.26 bits per heavy atom. The molecule has 140 valence electrons. The molecule has 27 heavy (non-hydrogen) atoms. The summed E-state index contributed by atoms with van der Waals surface area (Å²) in [5.41, 5.74) is 4.04. The fraction of sp³-hybridized carbons (Fsp3) is 0.143. The first-order chi connectivity index (χ1) is 12.8. The fourth-order valence-corrected chi connectivity index (χ4v) is 3.63. The summed E-state index contributed by atoms with van der Waals surface area (Å²) in [5.74, 6) is 0.276. The average molecular weight is 402 g/mol. The van der Waals surface area contributed by atoms with E-state index in [-0.39, 0.29) is 10.6 Å². The van der Waals surface area contributed by atoms with E-state index in [9.17, 15) is 8.42 Å². The number of anilines is 1. The number of rotatable bonds is 6. The highest BCUT2D eigenvalue weighted by atomic mass is 35.5. The standard InChI is InChI=1S/C21H20ClNO3S/c1-15-3-11-20(12-4-15)27(24,25)26-19-9-6-17(7-10-19)14-23-21-13-18(22)8-5-16(21)2/h3-13,23H,14H2,1-2H3. The highest BCUT2D eigenvalue weighted by molar-refractivity contribution is 7.87. The molecule has 0 aliphatic rings. The summed E-state index contributed by atoms with van der Waals surface area (Å²) in [5, 5.41) is 4.00. The zero-order valence-corrected chi connectivity index (χ0v) is 16.6. The molecule has 0 unspecified atom stereocenters. The lowest BCUT2D eigenvalue weighted by atomic mass is 10.1. The molecular formula is C21H20ClNO3S. The molecule has 0 spiro atoms. The lowest BCUT2D eigenvalue weighted by Gasteiger charge is -2.11. The summed E-state index contributed by atoms with van der Waals surface area (Å²) < 4.78 is 29.9. The van der Waals surface area contributed by atoms with Gasteiger partial charge in [0, 0.05) is 17.3 Å². The van der Waals surface area contributed by atoms with Crippen LogP contribution < -0.4 is 9.50 Å². The average Bonchev–Trinajstić information content (AvgIpc) is 2.64. The second kappa shape index (κ2) is 8.03. The maximum Gasteiger partial charge on any atom is 0.339 e. The molecule has 0 amide bonds. The monoisotopic (exact) mass is 401 g/mol. The van der Waals surface area contributed by atoms with E-state index in [1.165, 1.54) is 12.1 Å². The lowest BCUT2D eigenvalue weighted by molar-refractivity contribution is 0.486. The Bertz CT molecular complexity index is 1030. The van der Waals surface area contributed by atoms with Gasteiger partial charge in [-0.15, -0.1) is 0 Å². The first-order valence-electron chi connectivity index (χ1n) is 8.44. The predicted molar refractivity (Wildman–Crippen MR) is 109 cm³/mol. The van der Waals surface area contributed by atoms with Crippen LogP contribution >= 0.6 is 11.6 Å². The molecule has 0 aliphatic heterocycles. The van der Waals surface area contributed by atoms with Crippen LogP contribution in [-0.4, -0.2) is 8.42 Å². The molecule has 0 atom stereocenters. The SMILES string of the molecule is Cc1ccc(S(=O)(=O)Oc2ccc(CNc3cc(Cl)ccc3C)cc2)cc1. The molecular weight excluding hydrogens is 382 g/mol. The third-order valence-electron chi connectivity index (χ3n) is 4.12. The zero-order chi connectivity index (χ0) is 19.4. The van der Waals surface area contributed by atoms with Crippen molar-refractivity contribution in [3.05, 3.63) is 88.4 Å². The first kappa shape index (κ1) is 19.3. The van der Waals surface area contributed by atoms with E-state index in [2.05, 4.69) is 5.32 Å².